The number of rotatable bonds is 5. The van der Waals surface area contributed by atoms with Gasteiger partial charge in [0.05, 0.1) is 29.6 Å². The van der Waals surface area contributed by atoms with E-state index in [2.05, 4.69) is 25.4 Å². The lowest BCUT2D eigenvalue weighted by atomic mass is 10.0. The van der Waals surface area contributed by atoms with Gasteiger partial charge in [0.2, 0.25) is 11.8 Å². The summed E-state index contributed by atoms with van der Waals surface area (Å²) < 4.78 is 35.9. The fraction of sp³-hybridized carbons (Fsp3) is 0.500. The van der Waals surface area contributed by atoms with Crippen molar-refractivity contribution in [3.63, 3.8) is 0 Å². The Morgan fingerprint density at radius 1 is 1.39 bits per heavy atom. The Bertz CT molecular complexity index is 984. The SMILES string of the molecule is CCOc1nc(Nc2cnn(C3CN(C)CCC3(F)F)c2C)nc2[nH]ccc12. The van der Waals surface area contributed by atoms with Crippen LogP contribution in [0.15, 0.2) is 18.5 Å². The van der Waals surface area contributed by atoms with Crippen molar-refractivity contribution in [1.29, 1.82) is 0 Å². The number of aromatic nitrogens is 5. The molecule has 150 valence electrons. The lowest BCUT2D eigenvalue weighted by molar-refractivity contribution is -0.0980. The molecule has 1 aliphatic heterocycles. The van der Waals surface area contributed by atoms with Crippen LogP contribution in [-0.4, -0.2) is 62.3 Å². The van der Waals surface area contributed by atoms with Gasteiger partial charge in [-0.3, -0.25) is 4.68 Å². The molecule has 4 rings (SSSR count). The molecule has 3 aromatic rings. The molecular weight excluding hydrogens is 368 g/mol. The van der Waals surface area contributed by atoms with E-state index in [9.17, 15) is 8.78 Å². The van der Waals surface area contributed by atoms with Gasteiger partial charge in [0, 0.05) is 25.7 Å². The quantitative estimate of drug-likeness (QED) is 0.695. The maximum atomic E-state index is 14.5. The fourth-order valence-corrected chi connectivity index (χ4v) is 3.48. The third-order valence-electron chi connectivity index (χ3n) is 5.05. The molecule has 0 bridgehead atoms. The molecule has 0 aliphatic carbocycles. The Morgan fingerprint density at radius 2 is 2.21 bits per heavy atom. The van der Waals surface area contributed by atoms with Crippen LogP contribution in [0.2, 0.25) is 0 Å². The van der Waals surface area contributed by atoms with Crippen molar-refractivity contribution in [2.75, 3.05) is 32.1 Å². The minimum atomic E-state index is -2.80. The Balaban J connectivity index is 1.64. The van der Waals surface area contributed by atoms with Gasteiger partial charge in [-0.15, -0.1) is 0 Å². The van der Waals surface area contributed by atoms with Gasteiger partial charge in [-0.2, -0.15) is 15.1 Å². The molecule has 8 nitrogen and oxygen atoms in total. The summed E-state index contributed by atoms with van der Waals surface area (Å²) in [4.78, 5) is 13.8. The first-order valence-electron chi connectivity index (χ1n) is 9.24. The predicted octanol–water partition coefficient (Wildman–Crippen LogP) is 3.12. The van der Waals surface area contributed by atoms with Crippen LogP contribution in [0.4, 0.5) is 20.4 Å². The van der Waals surface area contributed by atoms with Crippen molar-refractivity contribution in [2.24, 2.45) is 0 Å². The van der Waals surface area contributed by atoms with E-state index in [1.165, 1.54) is 10.9 Å². The van der Waals surface area contributed by atoms with Gasteiger partial charge >= 0.3 is 0 Å². The molecule has 1 aliphatic rings. The van der Waals surface area contributed by atoms with E-state index >= 15 is 0 Å². The van der Waals surface area contributed by atoms with Crippen molar-refractivity contribution in [1.82, 2.24) is 29.6 Å². The molecule has 0 aromatic carbocycles. The molecule has 0 spiro atoms. The molecule has 2 N–H and O–H groups in total. The van der Waals surface area contributed by atoms with Gasteiger partial charge in [-0.1, -0.05) is 0 Å². The summed E-state index contributed by atoms with van der Waals surface area (Å²) in [6, 6.07) is 0.835. The Labute approximate surface area is 160 Å². The van der Waals surface area contributed by atoms with E-state index < -0.39 is 12.0 Å². The predicted molar refractivity (Wildman–Crippen MR) is 101 cm³/mol. The Kier molecular flexibility index (Phi) is 4.66. The number of fused-ring (bicyclic) bond motifs is 1. The monoisotopic (exact) mass is 391 g/mol. The van der Waals surface area contributed by atoms with Gasteiger partial charge in [-0.05, 0) is 27.0 Å². The normalized spacial score (nSPS) is 19.8. The molecule has 1 fully saturated rings. The van der Waals surface area contributed by atoms with Crippen LogP contribution in [0.25, 0.3) is 11.0 Å². The van der Waals surface area contributed by atoms with E-state index in [0.717, 1.165) is 5.39 Å². The largest absolute Gasteiger partial charge is 0.477 e. The lowest BCUT2D eigenvalue weighted by Crippen LogP contribution is -2.47. The molecule has 1 atom stereocenters. The summed E-state index contributed by atoms with van der Waals surface area (Å²) in [5.74, 6) is -2.03. The Morgan fingerprint density at radius 3 is 3.00 bits per heavy atom. The number of piperidine rings is 1. The third kappa shape index (κ3) is 3.28. The summed E-state index contributed by atoms with van der Waals surface area (Å²) in [5.41, 5.74) is 1.82. The van der Waals surface area contributed by atoms with Gasteiger partial charge in [0.1, 0.15) is 11.7 Å². The number of nitrogens with one attached hydrogen (secondary N) is 2. The zero-order chi connectivity index (χ0) is 19.9. The number of anilines is 2. The molecule has 10 heteroatoms. The summed E-state index contributed by atoms with van der Waals surface area (Å²) in [7, 11) is 1.84. The van der Waals surface area contributed by atoms with Gasteiger partial charge in [-0.25, -0.2) is 8.78 Å². The zero-order valence-corrected chi connectivity index (χ0v) is 16.0. The number of H-pyrrole nitrogens is 1. The average Bonchev–Trinajstić information content (AvgIpc) is 3.25. The van der Waals surface area contributed by atoms with Gasteiger partial charge in [0.25, 0.3) is 5.92 Å². The van der Waals surface area contributed by atoms with Crippen LogP contribution in [0.3, 0.4) is 0 Å². The van der Waals surface area contributed by atoms with Crippen molar-refractivity contribution in [3.05, 3.63) is 24.2 Å². The second-order valence-corrected chi connectivity index (χ2v) is 7.03. The average molecular weight is 391 g/mol. The van der Waals surface area contributed by atoms with E-state index in [-0.39, 0.29) is 13.0 Å². The highest BCUT2D eigenvalue weighted by molar-refractivity contribution is 5.82. The minimum Gasteiger partial charge on any atom is -0.477 e. The van der Waals surface area contributed by atoms with Crippen molar-refractivity contribution < 1.29 is 13.5 Å². The first kappa shape index (κ1) is 18.6. The number of alkyl halides is 2. The van der Waals surface area contributed by atoms with Crippen molar-refractivity contribution in [3.8, 4) is 5.88 Å². The first-order valence-corrected chi connectivity index (χ1v) is 9.24. The van der Waals surface area contributed by atoms with Gasteiger partial charge in [0.15, 0.2) is 0 Å². The van der Waals surface area contributed by atoms with Crippen molar-refractivity contribution in [2.45, 2.75) is 32.2 Å². The second-order valence-electron chi connectivity index (χ2n) is 7.03. The number of aromatic amines is 1. The second kappa shape index (κ2) is 7.01. The third-order valence-corrected chi connectivity index (χ3v) is 5.05. The van der Waals surface area contributed by atoms with Crippen LogP contribution in [-0.2, 0) is 0 Å². The lowest BCUT2D eigenvalue weighted by Gasteiger charge is -2.37. The van der Waals surface area contributed by atoms with Crippen LogP contribution >= 0.6 is 0 Å². The number of hydrogen-bond donors (Lipinski definition) is 2. The van der Waals surface area contributed by atoms with Crippen LogP contribution < -0.4 is 10.1 Å². The highest BCUT2D eigenvalue weighted by atomic mass is 19.3. The summed E-state index contributed by atoms with van der Waals surface area (Å²) in [6.45, 7) is 4.73. The molecule has 1 unspecified atom stereocenters. The molecule has 0 amide bonds. The molecule has 0 saturated carbocycles. The molecule has 0 radical (unpaired) electrons. The zero-order valence-electron chi connectivity index (χ0n) is 16.0. The number of likely N-dealkylation sites (tertiary alicyclic amines) is 1. The van der Waals surface area contributed by atoms with E-state index in [1.807, 2.05) is 24.9 Å². The first-order chi connectivity index (χ1) is 13.4. The number of hydrogen-bond acceptors (Lipinski definition) is 6. The molecule has 1 saturated heterocycles. The highest BCUT2D eigenvalue weighted by Crippen LogP contribution is 2.38. The molecule has 3 aromatic heterocycles. The Hall–Kier alpha value is -2.75. The number of halogens is 2. The fourth-order valence-electron chi connectivity index (χ4n) is 3.48. The number of nitrogens with zero attached hydrogens (tertiary/aromatic N) is 5. The maximum Gasteiger partial charge on any atom is 0.272 e. The van der Waals surface area contributed by atoms with Crippen molar-refractivity contribution >= 4 is 22.7 Å². The summed E-state index contributed by atoms with van der Waals surface area (Å²) >= 11 is 0. The summed E-state index contributed by atoms with van der Waals surface area (Å²) in [6.07, 6.45) is 3.11. The van der Waals surface area contributed by atoms with E-state index in [4.69, 9.17) is 4.74 Å². The smallest absolute Gasteiger partial charge is 0.272 e. The van der Waals surface area contributed by atoms with Gasteiger partial charge < -0.3 is 19.9 Å². The van der Waals surface area contributed by atoms with Crippen LogP contribution in [0, 0.1) is 6.92 Å². The molecule has 4 heterocycles. The van der Waals surface area contributed by atoms with Crippen LogP contribution in [0.5, 0.6) is 5.88 Å². The minimum absolute atomic E-state index is 0.180. The number of ether oxygens (including phenoxy) is 1. The molecule has 28 heavy (non-hydrogen) atoms. The highest BCUT2D eigenvalue weighted by Gasteiger charge is 2.45. The molecular formula is C18H23F2N7O. The summed E-state index contributed by atoms with van der Waals surface area (Å²) in [5, 5.41) is 8.10. The van der Waals surface area contributed by atoms with E-state index in [0.29, 0.717) is 42.0 Å². The van der Waals surface area contributed by atoms with Crippen LogP contribution in [0.1, 0.15) is 25.1 Å². The number of likely N-dealkylation sites (N-methyl/N-ethyl adjacent to an activating group) is 1. The van der Waals surface area contributed by atoms with E-state index in [1.54, 1.807) is 13.1 Å². The standard InChI is InChI=1S/C18H23F2N7O/c1-4-28-16-12-5-7-21-15(12)24-17(25-16)23-13-9-22-27(11(13)2)14-10-26(3)8-6-18(14,19)20/h5,7,9,14H,4,6,8,10H2,1-3H3,(H2,21,23,24,25). The maximum absolute atomic E-state index is 14.5. The topological polar surface area (TPSA) is 83.9 Å².